The number of anilines is 1. The molecule has 0 fully saturated rings. The van der Waals surface area contributed by atoms with Crippen molar-refractivity contribution >= 4 is 23.5 Å². The molecule has 2 amide bonds. The van der Waals surface area contributed by atoms with Crippen LogP contribution in [-0.2, 0) is 14.3 Å². The van der Waals surface area contributed by atoms with E-state index in [1.165, 1.54) is 6.92 Å². The Bertz CT molecular complexity index is 803. The molecule has 0 spiro atoms. The van der Waals surface area contributed by atoms with Crippen molar-refractivity contribution in [3.8, 4) is 0 Å². The van der Waals surface area contributed by atoms with Gasteiger partial charge in [-0.05, 0) is 44.5 Å². The highest BCUT2D eigenvalue weighted by atomic mass is 16.5. The number of ether oxygens (including phenoxy) is 1. The summed E-state index contributed by atoms with van der Waals surface area (Å²) in [5.74, 6) is -1.49. The molecule has 0 saturated heterocycles. The quantitative estimate of drug-likeness (QED) is 0.781. The minimum Gasteiger partial charge on any atom is -0.451 e. The molecule has 0 saturated carbocycles. The number of amides is 2. The number of hydrogen-bond donors (Lipinski definition) is 2. The Kier molecular flexibility index (Phi) is 6.49. The second-order valence-corrected chi connectivity index (χ2v) is 5.99. The van der Waals surface area contributed by atoms with Crippen LogP contribution >= 0.6 is 0 Å². The Morgan fingerprint density at radius 1 is 1.04 bits per heavy atom. The van der Waals surface area contributed by atoms with Crippen LogP contribution in [0.15, 0.2) is 48.5 Å². The first-order valence-corrected chi connectivity index (χ1v) is 8.27. The second-order valence-electron chi connectivity index (χ2n) is 5.99. The monoisotopic (exact) mass is 354 g/mol. The van der Waals surface area contributed by atoms with Crippen LogP contribution in [0.3, 0.4) is 0 Å². The molecule has 0 bridgehead atoms. The van der Waals surface area contributed by atoms with Crippen molar-refractivity contribution in [2.24, 2.45) is 0 Å². The fraction of sp³-hybridized carbons (Fsp3) is 0.250. The van der Waals surface area contributed by atoms with Crippen molar-refractivity contribution in [3.05, 3.63) is 65.2 Å². The van der Waals surface area contributed by atoms with E-state index in [-0.39, 0.29) is 12.5 Å². The van der Waals surface area contributed by atoms with Gasteiger partial charge in [0.1, 0.15) is 6.54 Å². The number of carbonyl (C=O) groups excluding carboxylic acids is 3. The minimum atomic E-state index is -0.975. The molecule has 0 aliphatic heterocycles. The molecule has 2 rings (SSSR count). The van der Waals surface area contributed by atoms with Gasteiger partial charge < -0.3 is 15.4 Å². The van der Waals surface area contributed by atoms with Crippen molar-refractivity contribution in [2.75, 3.05) is 11.9 Å². The predicted molar refractivity (Wildman–Crippen MR) is 98.9 cm³/mol. The predicted octanol–water partition coefficient (Wildman–Crippen LogP) is 2.60. The van der Waals surface area contributed by atoms with Crippen LogP contribution < -0.4 is 10.6 Å². The Labute approximate surface area is 152 Å². The highest BCUT2D eigenvalue weighted by molar-refractivity contribution is 5.97. The Balaban J connectivity index is 1.82. The number of carbonyl (C=O) groups is 3. The van der Waals surface area contributed by atoms with Crippen LogP contribution in [-0.4, -0.2) is 30.4 Å². The molecular formula is C20H22N2O4. The van der Waals surface area contributed by atoms with Crippen LogP contribution in [0.5, 0.6) is 0 Å². The topological polar surface area (TPSA) is 84.5 Å². The third kappa shape index (κ3) is 5.44. The average Bonchev–Trinajstić information content (AvgIpc) is 2.62. The van der Waals surface area contributed by atoms with Gasteiger partial charge in [-0.25, -0.2) is 0 Å². The molecule has 6 heteroatoms. The molecule has 1 atom stereocenters. The minimum absolute atomic E-state index is 0.311. The zero-order chi connectivity index (χ0) is 19.1. The van der Waals surface area contributed by atoms with Crippen LogP contribution in [0, 0.1) is 13.8 Å². The normalized spacial score (nSPS) is 11.3. The lowest BCUT2D eigenvalue weighted by Gasteiger charge is -2.15. The maximum atomic E-state index is 12.2. The lowest BCUT2D eigenvalue weighted by atomic mass is 10.1. The Hall–Kier alpha value is -3.15. The summed E-state index contributed by atoms with van der Waals surface area (Å²) in [6.45, 7) is 5.02. The molecule has 2 aromatic rings. The molecule has 1 unspecified atom stereocenters. The van der Waals surface area contributed by atoms with E-state index in [9.17, 15) is 14.4 Å². The first-order valence-electron chi connectivity index (χ1n) is 8.27. The summed E-state index contributed by atoms with van der Waals surface area (Å²) in [4.78, 5) is 35.9. The Morgan fingerprint density at radius 2 is 1.73 bits per heavy atom. The largest absolute Gasteiger partial charge is 0.451 e. The summed E-state index contributed by atoms with van der Waals surface area (Å²) in [6.07, 6.45) is -0.975. The number of rotatable bonds is 6. The van der Waals surface area contributed by atoms with E-state index < -0.39 is 18.0 Å². The summed E-state index contributed by atoms with van der Waals surface area (Å²) in [6, 6.07) is 14.2. The maximum absolute atomic E-state index is 12.2. The van der Waals surface area contributed by atoms with Crippen LogP contribution in [0.1, 0.15) is 28.4 Å². The summed E-state index contributed by atoms with van der Waals surface area (Å²) < 4.78 is 5.07. The lowest BCUT2D eigenvalue weighted by molar-refractivity contribution is -0.152. The third-order valence-corrected chi connectivity index (χ3v) is 3.75. The van der Waals surface area contributed by atoms with Gasteiger partial charge in [0.2, 0.25) is 0 Å². The smallest absolute Gasteiger partial charge is 0.326 e. The molecule has 0 aliphatic rings. The lowest BCUT2D eigenvalue weighted by Crippen LogP contribution is -2.35. The van der Waals surface area contributed by atoms with Gasteiger partial charge in [0.05, 0.1) is 0 Å². The third-order valence-electron chi connectivity index (χ3n) is 3.75. The van der Waals surface area contributed by atoms with Crippen molar-refractivity contribution in [3.63, 3.8) is 0 Å². The van der Waals surface area contributed by atoms with Crippen LogP contribution in [0.2, 0.25) is 0 Å². The van der Waals surface area contributed by atoms with Crippen molar-refractivity contribution in [1.29, 1.82) is 0 Å². The van der Waals surface area contributed by atoms with E-state index >= 15 is 0 Å². The van der Waals surface area contributed by atoms with Gasteiger partial charge in [-0.2, -0.15) is 0 Å². The van der Waals surface area contributed by atoms with Crippen LogP contribution in [0.25, 0.3) is 0 Å². The molecule has 2 aromatic carbocycles. The number of nitrogens with one attached hydrogen (secondary N) is 2. The van der Waals surface area contributed by atoms with Crippen molar-refractivity contribution in [1.82, 2.24) is 5.32 Å². The molecule has 136 valence electrons. The van der Waals surface area contributed by atoms with Gasteiger partial charge in [0.15, 0.2) is 6.10 Å². The molecule has 0 aliphatic carbocycles. The van der Waals surface area contributed by atoms with Gasteiger partial charge in [-0.15, -0.1) is 0 Å². The summed E-state index contributed by atoms with van der Waals surface area (Å²) in [5.41, 5.74) is 3.13. The van der Waals surface area contributed by atoms with Gasteiger partial charge >= 0.3 is 5.97 Å². The van der Waals surface area contributed by atoms with E-state index in [2.05, 4.69) is 10.6 Å². The zero-order valence-electron chi connectivity index (χ0n) is 15.0. The van der Waals surface area contributed by atoms with Gasteiger partial charge in [-0.3, -0.25) is 14.4 Å². The van der Waals surface area contributed by atoms with Crippen LogP contribution in [0.4, 0.5) is 5.69 Å². The highest BCUT2D eigenvalue weighted by Gasteiger charge is 2.19. The first-order chi connectivity index (χ1) is 12.4. The summed E-state index contributed by atoms with van der Waals surface area (Å²) in [5, 5.41) is 5.19. The van der Waals surface area contributed by atoms with Crippen molar-refractivity contribution in [2.45, 2.75) is 26.9 Å². The van der Waals surface area contributed by atoms with Gasteiger partial charge in [0, 0.05) is 11.3 Å². The number of aryl methyl sites for hydroxylation is 2. The molecular weight excluding hydrogens is 332 g/mol. The molecule has 0 radical (unpaired) electrons. The first kappa shape index (κ1) is 19.2. The molecule has 2 N–H and O–H groups in total. The summed E-state index contributed by atoms with van der Waals surface area (Å²) in [7, 11) is 0. The van der Waals surface area contributed by atoms with Crippen molar-refractivity contribution < 1.29 is 19.1 Å². The Morgan fingerprint density at radius 3 is 2.38 bits per heavy atom. The number of esters is 1. The molecule has 0 heterocycles. The van der Waals surface area contributed by atoms with E-state index in [4.69, 9.17) is 4.74 Å². The number of benzene rings is 2. The van der Waals surface area contributed by atoms with E-state index in [1.54, 1.807) is 36.4 Å². The molecule has 0 aromatic heterocycles. The van der Waals surface area contributed by atoms with E-state index in [0.717, 1.165) is 11.1 Å². The fourth-order valence-corrected chi connectivity index (χ4v) is 2.32. The van der Waals surface area contributed by atoms with E-state index in [0.29, 0.717) is 11.3 Å². The second kappa shape index (κ2) is 8.80. The van der Waals surface area contributed by atoms with Gasteiger partial charge in [0.25, 0.3) is 11.8 Å². The maximum Gasteiger partial charge on any atom is 0.326 e. The average molecular weight is 354 g/mol. The highest BCUT2D eigenvalue weighted by Crippen LogP contribution is 2.16. The zero-order valence-corrected chi connectivity index (χ0v) is 15.0. The SMILES string of the molecule is Cc1ccc(NC(=O)C(C)OC(=O)CNC(=O)c2ccccc2)c(C)c1. The van der Waals surface area contributed by atoms with E-state index in [1.807, 2.05) is 26.0 Å². The fourth-order valence-electron chi connectivity index (χ4n) is 2.32. The standard InChI is InChI=1S/C20H22N2O4/c1-13-9-10-17(14(2)11-13)22-19(24)15(3)26-18(23)12-21-20(25)16-7-5-4-6-8-16/h4-11,15H,12H2,1-3H3,(H,21,25)(H,22,24). The number of hydrogen-bond acceptors (Lipinski definition) is 4. The molecule has 26 heavy (non-hydrogen) atoms. The molecule has 6 nitrogen and oxygen atoms in total. The summed E-state index contributed by atoms with van der Waals surface area (Å²) >= 11 is 0. The van der Waals surface area contributed by atoms with Gasteiger partial charge in [-0.1, -0.05) is 35.9 Å².